The van der Waals surface area contributed by atoms with E-state index in [2.05, 4.69) is 15.0 Å². The molecule has 1 aliphatic rings. The van der Waals surface area contributed by atoms with Gasteiger partial charge in [-0.25, -0.2) is 9.48 Å². The van der Waals surface area contributed by atoms with Crippen molar-refractivity contribution in [2.45, 2.75) is 12.0 Å². The second-order valence-electron chi connectivity index (χ2n) is 4.60. The normalized spacial score (nSPS) is 17.9. The summed E-state index contributed by atoms with van der Waals surface area (Å²) >= 11 is 1.73. The minimum atomic E-state index is -0.333. The van der Waals surface area contributed by atoms with E-state index in [0.29, 0.717) is 12.1 Å². The summed E-state index contributed by atoms with van der Waals surface area (Å²) in [5.74, 6) is 0.659. The molecule has 1 aromatic heterocycles. The van der Waals surface area contributed by atoms with Crippen molar-refractivity contribution in [3.63, 3.8) is 0 Å². The molecule has 1 fully saturated rings. The molecule has 1 aromatic carbocycles. The second-order valence-corrected chi connectivity index (χ2v) is 5.77. The summed E-state index contributed by atoms with van der Waals surface area (Å²) in [6.45, 7) is 1.36. The number of methoxy groups -OCH3 is 1. The number of aromatic nitrogens is 3. The molecule has 0 radical (unpaired) electrons. The van der Waals surface area contributed by atoms with Gasteiger partial charge in [0.15, 0.2) is 0 Å². The van der Waals surface area contributed by atoms with Gasteiger partial charge in [-0.3, -0.25) is 0 Å². The van der Waals surface area contributed by atoms with Crippen LogP contribution in [0.1, 0.15) is 27.1 Å². The number of hydrogen-bond acceptors (Lipinski definition) is 6. The molecule has 1 aliphatic heterocycles. The molecule has 2 aromatic rings. The van der Waals surface area contributed by atoms with Crippen LogP contribution in [-0.4, -0.2) is 40.4 Å². The highest BCUT2D eigenvalue weighted by atomic mass is 32.2. The number of ether oxygens (including phenoxy) is 2. The maximum atomic E-state index is 11.4. The quantitative estimate of drug-likeness (QED) is 0.804. The largest absolute Gasteiger partial charge is 0.465 e. The fourth-order valence-electron chi connectivity index (χ4n) is 2.08. The average Bonchev–Trinajstić information content (AvgIpc) is 3.18. The van der Waals surface area contributed by atoms with Gasteiger partial charge in [0.25, 0.3) is 0 Å². The van der Waals surface area contributed by atoms with Crippen LogP contribution in [0.3, 0.4) is 0 Å². The maximum Gasteiger partial charge on any atom is 0.337 e. The number of rotatable bonds is 4. The summed E-state index contributed by atoms with van der Waals surface area (Å²) in [6.07, 6.45) is 1.90. The van der Waals surface area contributed by atoms with E-state index in [1.807, 2.05) is 18.3 Å². The molecule has 0 N–H and O–H groups in total. The molecule has 6 nitrogen and oxygen atoms in total. The maximum absolute atomic E-state index is 11.4. The summed E-state index contributed by atoms with van der Waals surface area (Å²) in [5, 5.41) is 8.26. The van der Waals surface area contributed by atoms with E-state index in [-0.39, 0.29) is 11.4 Å². The van der Waals surface area contributed by atoms with E-state index >= 15 is 0 Å². The van der Waals surface area contributed by atoms with Crippen molar-refractivity contribution >= 4 is 17.7 Å². The molecule has 21 heavy (non-hydrogen) atoms. The lowest BCUT2D eigenvalue weighted by Gasteiger charge is -2.04. The summed E-state index contributed by atoms with van der Waals surface area (Å²) in [5.41, 5.74) is 2.43. The van der Waals surface area contributed by atoms with E-state index in [4.69, 9.17) is 4.74 Å². The van der Waals surface area contributed by atoms with Gasteiger partial charge in [0, 0.05) is 5.75 Å². The van der Waals surface area contributed by atoms with Crippen LogP contribution in [0.15, 0.2) is 30.5 Å². The van der Waals surface area contributed by atoms with Crippen molar-refractivity contribution in [2.24, 2.45) is 0 Å². The van der Waals surface area contributed by atoms with Gasteiger partial charge in [-0.05, 0) is 17.7 Å². The molecule has 7 heteroatoms. The Bertz CT molecular complexity index is 621. The van der Waals surface area contributed by atoms with Crippen molar-refractivity contribution in [1.82, 2.24) is 15.0 Å². The SMILES string of the molecule is COC(=O)c1ccc(Cn2cc([C@H]3OCCS3)nn2)cc1. The minimum Gasteiger partial charge on any atom is -0.465 e. The van der Waals surface area contributed by atoms with Crippen LogP contribution in [0.5, 0.6) is 0 Å². The number of nitrogens with zero attached hydrogens (tertiary/aromatic N) is 3. The molecule has 3 rings (SSSR count). The van der Waals surface area contributed by atoms with Crippen molar-refractivity contribution in [1.29, 1.82) is 0 Å². The molecule has 0 unspecified atom stereocenters. The number of benzene rings is 1. The Balaban J connectivity index is 1.67. The van der Waals surface area contributed by atoms with E-state index in [9.17, 15) is 4.79 Å². The molecule has 0 aliphatic carbocycles. The zero-order valence-corrected chi connectivity index (χ0v) is 12.4. The van der Waals surface area contributed by atoms with Gasteiger partial charge in [-0.1, -0.05) is 17.3 Å². The lowest BCUT2D eigenvalue weighted by molar-refractivity contribution is 0.0600. The molecule has 1 saturated heterocycles. The molecular formula is C14H15N3O3S. The van der Waals surface area contributed by atoms with Gasteiger partial charge in [-0.2, -0.15) is 0 Å². The molecular weight excluding hydrogens is 290 g/mol. The fraction of sp³-hybridized carbons (Fsp3) is 0.357. The molecule has 0 bridgehead atoms. The van der Waals surface area contributed by atoms with Crippen molar-refractivity contribution < 1.29 is 14.3 Å². The van der Waals surface area contributed by atoms with Crippen LogP contribution >= 0.6 is 11.8 Å². The number of carbonyl (C=O) groups is 1. The van der Waals surface area contributed by atoms with Gasteiger partial charge in [0.2, 0.25) is 0 Å². The van der Waals surface area contributed by atoms with Gasteiger partial charge >= 0.3 is 5.97 Å². The predicted molar refractivity (Wildman–Crippen MR) is 78.1 cm³/mol. The Hall–Kier alpha value is -1.86. The highest BCUT2D eigenvalue weighted by Gasteiger charge is 2.21. The predicted octanol–water partition coefficient (Wildman–Crippen LogP) is 1.87. The first-order valence-corrected chi connectivity index (χ1v) is 7.61. The standard InChI is InChI=1S/C14H15N3O3S/c1-19-13(18)11-4-2-10(3-5-11)8-17-9-12(15-16-17)14-20-6-7-21-14/h2-5,9,14H,6-8H2,1H3/t14-/m0/s1. The third-order valence-electron chi connectivity index (χ3n) is 3.14. The second kappa shape index (κ2) is 6.28. The first kappa shape index (κ1) is 14.1. The highest BCUT2D eigenvalue weighted by Crippen LogP contribution is 2.33. The Labute approximate surface area is 126 Å². The molecule has 110 valence electrons. The van der Waals surface area contributed by atoms with Crippen molar-refractivity contribution in [3.05, 3.63) is 47.3 Å². The smallest absolute Gasteiger partial charge is 0.337 e. The van der Waals surface area contributed by atoms with Gasteiger partial charge in [0.1, 0.15) is 11.1 Å². The Kier molecular flexibility index (Phi) is 4.21. The van der Waals surface area contributed by atoms with E-state index < -0.39 is 0 Å². The summed E-state index contributed by atoms with van der Waals surface area (Å²) in [6, 6.07) is 7.26. The first-order chi connectivity index (χ1) is 10.3. The number of esters is 1. The summed E-state index contributed by atoms with van der Waals surface area (Å²) < 4.78 is 12.0. The van der Waals surface area contributed by atoms with E-state index in [1.54, 1.807) is 28.6 Å². The number of carbonyl (C=O) groups excluding carboxylic acids is 1. The Morgan fingerprint density at radius 2 is 2.29 bits per heavy atom. The van der Waals surface area contributed by atoms with Crippen LogP contribution in [-0.2, 0) is 16.0 Å². The van der Waals surface area contributed by atoms with Crippen LogP contribution in [0.4, 0.5) is 0 Å². The zero-order chi connectivity index (χ0) is 14.7. The van der Waals surface area contributed by atoms with E-state index in [0.717, 1.165) is 23.6 Å². The van der Waals surface area contributed by atoms with Crippen LogP contribution in [0, 0.1) is 0 Å². The van der Waals surface area contributed by atoms with Gasteiger partial charge in [-0.15, -0.1) is 16.9 Å². The van der Waals surface area contributed by atoms with Crippen LogP contribution in [0.25, 0.3) is 0 Å². The van der Waals surface area contributed by atoms with Gasteiger partial charge < -0.3 is 9.47 Å². The Morgan fingerprint density at radius 3 is 2.95 bits per heavy atom. The fourth-order valence-corrected chi connectivity index (χ4v) is 2.96. The highest BCUT2D eigenvalue weighted by molar-refractivity contribution is 7.99. The third-order valence-corrected chi connectivity index (χ3v) is 4.22. The first-order valence-electron chi connectivity index (χ1n) is 6.57. The number of thioether (sulfide) groups is 1. The average molecular weight is 305 g/mol. The molecule has 2 heterocycles. The molecule has 1 atom stereocenters. The summed E-state index contributed by atoms with van der Waals surface area (Å²) in [4.78, 5) is 11.4. The van der Waals surface area contributed by atoms with E-state index in [1.165, 1.54) is 7.11 Å². The molecule has 0 amide bonds. The molecule has 0 saturated carbocycles. The van der Waals surface area contributed by atoms with Crippen molar-refractivity contribution in [2.75, 3.05) is 19.5 Å². The lowest BCUT2D eigenvalue weighted by Crippen LogP contribution is -2.03. The minimum absolute atomic E-state index is 0.000417. The van der Waals surface area contributed by atoms with Gasteiger partial charge in [0.05, 0.1) is 32.0 Å². The topological polar surface area (TPSA) is 66.2 Å². The summed E-state index contributed by atoms with van der Waals surface area (Å²) in [7, 11) is 1.37. The monoisotopic (exact) mass is 305 g/mol. The Morgan fingerprint density at radius 1 is 1.48 bits per heavy atom. The van der Waals surface area contributed by atoms with Crippen LogP contribution in [0.2, 0.25) is 0 Å². The molecule has 0 spiro atoms. The lowest BCUT2D eigenvalue weighted by atomic mass is 10.1. The zero-order valence-electron chi connectivity index (χ0n) is 11.6. The number of hydrogen-bond donors (Lipinski definition) is 0. The van der Waals surface area contributed by atoms with Crippen LogP contribution < -0.4 is 0 Å². The third kappa shape index (κ3) is 3.25. The van der Waals surface area contributed by atoms with Crippen molar-refractivity contribution in [3.8, 4) is 0 Å².